The zero-order valence-corrected chi connectivity index (χ0v) is 11.4. The van der Waals surface area contributed by atoms with Crippen LogP contribution in [0.3, 0.4) is 0 Å². The lowest BCUT2D eigenvalue weighted by molar-refractivity contribution is 0.105. The lowest BCUT2D eigenvalue weighted by atomic mass is 10.1. The molecule has 2 aromatic rings. The third kappa shape index (κ3) is 2.52. The molecule has 0 bridgehead atoms. The predicted octanol–water partition coefficient (Wildman–Crippen LogP) is 1.68. The lowest BCUT2D eigenvalue weighted by Gasteiger charge is -2.36. The van der Waals surface area contributed by atoms with Gasteiger partial charge in [-0.2, -0.15) is 0 Å². The van der Waals surface area contributed by atoms with E-state index in [0.717, 1.165) is 42.9 Å². The van der Waals surface area contributed by atoms with Crippen LogP contribution in [0.15, 0.2) is 34.7 Å². The second kappa shape index (κ2) is 5.33. The van der Waals surface area contributed by atoms with Crippen molar-refractivity contribution >= 4 is 11.0 Å². The Hall–Kier alpha value is -1.36. The summed E-state index contributed by atoms with van der Waals surface area (Å²) in [5.74, 6) is 0.994. The summed E-state index contributed by atoms with van der Waals surface area (Å²) in [6.45, 7) is 4.89. The van der Waals surface area contributed by atoms with Crippen LogP contribution in [0, 0.1) is 0 Å². The van der Waals surface area contributed by atoms with Gasteiger partial charge in [0.15, 0.2) is 0 Å². The fraction of sp³-hybridized carbons (Fsp3) is 0.467. The van der Waals surface area contributed by atoms with Gasteiger partial charge in [-0.1, -0.05) is 18.2 Å². The van der Waals surface area contributed by atoms with Gasteiger partial charge in [-0.3, -0.25) is 4.90 Å². The van der Waals surface area contributed by atoms with Crippen molar-refractivity contribution in [2.45, 2.75) is 6.04 Å². The Morgan fingerprint density at radius 2 is 1.95 bits per heavy atom. The lowest BCUT2D eigenvalue weighted by Crippen LogP contribution is -2.47. The summed E-state index contributed by atoms with van der Waals surface area (Å²) in [6, 6.07) is 10.5. The van der Waals surface area contributed by atoms with Crippen LogP contribution in [0.25, 0.3) is 11.0 Å². The first-order chi connectivity index (χ1) is 9.28. The summed E-state index contributed by atoms with van der Waals surface area (Å²) in [5, 5.41) is 1.16. The molecule has 1 aliphatic rings. The Morgan fingerprint density at radius 3 is 2.63 bits per heavy atom. The maximum Gasteiger partial charge on any atom is 0.134 e. The van der Waals surface area contributed by atoms with Crippen LogP contribution in [-0.4, -0.2) is 49.6 Å². The van der Waals surface area contributed by atoms with Crippen LogP contribution in [-0.2, 0) is 0 Å². The van der Waals surface area contributed by atoms with Gasteiger partial charge < -0.3 is 15.1 Å². The van der Waals surface area contributed by atoms with Crippen molar-refractivity contribution in [3.05, 3.63) is 36.1 Å². The standard InChI is InChI=1S/C15H21N3O/c1-17-6-8-18(9-7-17)13(11-16)15-10-12-4-2-3-5-14(12)19-15/h2-5,10,13H,6-9,11,16H2,1H3. The normalized spacial score (nSPS) is 19.9. The van der Waals surface area contributed by atoms with E-state index >= 15 is 0 Å². The van der Waals surface area contributed by atoms with Gasteiger partial charge in [0.05, 0.1) is 6.04 Å². The number of piperazine rings is 1. The Balaban J connectivity index is 1.85. The Bertz CT molecular complexity index is 510. The highest BCUT2D eigenvalue weighted by Gasteiger charge is 2.25. The van der Waals surface area contributed by atoms with E-state index in [1.54, 1.807) is 0 Å². The zero-order valence-electron chi connectivity index (χ0n) is 11.4. The largest absolute Gasteiger partial charge is 0.459 e. The molecule has 4 nitrogen and oxygen atoms in total. The van der Waals surface area contributed by atoms with Crippen molar-refractivity contribution in [2.75, 3.05) is 39.8 Å². The molecule has 19 heavy (non-hydrogen) atoms. The topological polar surface area (TPSA) is 45.6 Å². The number of benzene rings is 1. The summed E-state index contributed by atoms with van der Waals surface area (Å²) in [5.41, 5.74) is 6.93. The molecule has 1 aromatic carbocycles. The van der Waals surface area contributed by atoms with Gasteiger partial charge in [-0.05, 0) is 19.2 Å². The summed E-state index contributed by atoms with van der Waals surface area (Å²) < 4.78 is 5.97. The molecule has 1 aliphatic heterocycles. The zero-order chi connectivity index (χ0) is 13.2. The van der Waals surface area contributed by atoms with E-state index in [0.29, 0.717) is 6.54 Å². The molecule has 1 unspecified atom stereocenters. The van der Waals surface area contributed by atoms with Crippen LogP contribution in [0.4, 0.5) is 0 Å². The van der Waals surface area contributed by atoms with E-state index in [1.165, 1.54) is 0 Å². The van der Waals surface area contributed by atoms with Crippen molar-refractivity contribution in [3.63, 3.8) is 0 Å². The third-order valence-electron chi connectivity index (χ3n) is 3.97. The van der Waals surface area contributed by atoms with Crippen LogP contribution in [0.1, 0.15) is 11.8 Å². The number of hydrogen-bond donors (Lipinski definition) is 1. The SMILES string of the molecule is CN1CCN(C(CN)c2cc3ccccc3o2)CC1. The van der Waals surface area contributed by atoms with Crippen LogP contribution in [0.2, 0.25) is 0 Å². The van der Waals surface area contributed by atoms with Gasteiger partial charge in [0.2, 0.25) is 0 Å². The molecule has 1 fully saturated rings. The predicted molar refractivity (Wildman–Crippen MR) is 77.1 cm³/mol. The van der Waals surface area contributed by atoms with E-state index in [2.05, 4.69) is 29.0 Å². The molecular weight excluding hydrogens is 238 g/mol. The van der Waals surface area contributed by atoms with Gasteiger partial charge >= 0.3 is 0 Å². The molecular formula is C15H21N3O. The molecule has 102 valence electrons. The summed E-state index contributed by atoms with van der Waals surface area (Å²) >= 11 is 0. The highest BCUT2D eigenvalue weighted by atomic mass is 16.3. The van der Waals surface area contributed by atoms with Crippen molar-refractivity contribution in [1.82, 2.24) is 9.80 Å². The maximum absolute atomic E-state index is 5.98. The molecule has 1 atom stereocenters. The van der Waals surface area contributed by atoms with Crippen molar-refractivity contribution in [2.24, 2.45) is 5.73 Å². The molecule has 1 saturated heterocycles. The highest BCUT2D eigenvalue weighted by molar-refractivity contribution is 5.77. The number of para-hydroxylation sites is 1. The van der Waals surface area contributed by atoms with E-state index in [1.807, 2.05) is 18.2 Å². The number of nitrogens with zero attached hydrogens (tertiary/aromatic N) is 2. The summed E-state index contributed by atoms with van der Waals surface area (Å²) in [4.78, 5) is 4.78. The number of furan rings is 1. The van der Waals surface area contributed by atoms with E-state index in [9.17, 15) is 0 Å². The van der Waals surface area contributed by atoms with Gasteiger partial charge in [0.25, 0.3) is 0 Å². The van der Waals surface area contributed by atoms with E-state index < -0.39 is 0 Å². The van der Waals surface area contributed by atoms with E-state index in [-0.39, 0.29) is 6.04 Å². The number of nitrogens with two attached hydrogens (primary N) is 1. The fourth-order valence-electron chi connectivity index (χ4n) is 2.75. The molecule has 4 heteroatoms. The molecule has 0 radical (unpaired) electrons. The molecule has 1 aromatic heterocycles. The second-order valence-corrected chi connectivity index (χ2v) is 5.28. The minimum Gasteiger partial charge on any atom is -0.459 e. The van der Waals surface area contributed by atoms with Gasteiger partial charge in [0, 0.05) is 38.1 Å². The molecule has 3 rings (SSSR count). The Kier molecular flexibility index (Phi) is 3.55. The second-order valence-electron chi connectivity index (χ2n) is 5.28. The highest BCUT2D eigenvalue weighted by Crippen LogP contribution is 2.27. The van der Waals surface area contributed by atoms with Crippen LogP contribution >= 0.6 is 0 Å². The molecule has 2 N–H and O–H groups in total. The van der Waals surface area contributed by atoms with E-state index in [4.69, 9.17) is 10.2 Å². The van der Waals surface area contributed by atoms with Crippen LogP contribution in [0.5, 0.6) is 0 Å². The maximum atomic E-state index is 5.98. The molecule has 0 amide bonds. The monoisotopic (exact) mass is 259 g/mol. The first-order valence-corrected chi connectivity index (χ1v) is 6.89. The Morgan fingerprint density at radius 1 is 1.21 bits per heavy atom. The molecule has 0 aliphatic carbocycles. The van der Waals surface area contributed by atoms with Crippen LogP contribution < -0.4 is 5.73 Å². The minimum atomic E-state index is 0.195. The van der Waals surface area contributed by atoms with Crippen molar-refractivity contribution < 1.29 is 4.42 Å². The smallest absolute Gasteiger partial charge is 0.134 e. The summed E-state index contributed by atoms with van der Waals surface area (Å²) in [6.07, 6.45) is 0. The minimum absolute atomic E-state index is 0.195. The Labute approximate surface area is 113 Å². The molecule has 0 saturated carbocycles. The first kappa shape index (κ1) is 12.7. The van der Waals surface area contributed by atoms with Gasteiger partial charge in [-0.25, -0.2) is 0 Å². The van der Waals surface area contributed by atoms with Gasteiger partial charge in [-0.15, -0.1) is 0 Å². The average molecular weight is 259 g/mol. The first-order valence-electron chi connectivity index (χ1n) is 6.89. The summed E-state index contributed by atoms with van der Waals surface area (Å²) in [7, 11) is 2.16. The molecule has 0 spiro atoms. The average Bonchev–Trinajstić information content (AvgIpc) is 2.85. The number of rotatable bonds is 3. The third-order valence-corrected chi connectivity index (χ3v) is 3.97. The van der Waals surface area contributed by atoms with Crippen molar-refractivity contribution in [3.8, 4) is 0 Å². The number of hydrogen-bond acceptors (Lipinski definition) is 4. The quantitative estimate of drug-likeness (QED) is 0.911. The fourth-order valence-corrected chi connectivity index (χ4v) is 2.75. The number of likely N-dealkylation sites (N-methyl/N-ethyl adjacent to an activating group) is 1. The van der Waals surface area contributed by atoms with Crippen molar-refractivity contribution in [1.29, 1.82) is 0 Å². The molecule has 2 heterocycles. The van der Waals surface area contributed by atoms with Gasteiger partial charge in [0.1, 0.15) is 11.3 Å². The number of fused-ring (bicyclic) bond motifs is 1.